The summed E-state index contributed by atoms with van der Waals surface area (Å²) in [5.41, 5.74) is 0.795. The molecule has 0 bridgehead atoms. The Balaban J connectivity index is 2.59. The number of anilines is 1. The lowest BCUT2D eigenvalue weighted by molar-refractivity contribution is -0.119. The van der Waals surface area contributed by atoms with Crippen molar-refractivity contribution < 1.29 is 13.2 Å². The standard InChI is InChI=1S/C11H18F3N3S/c1-3-5-15-6-9-7-18-10(16-9)17(4-2)8-11(12,13)14/h7,15H,3-6,8H2,1-2H3. The van der Waals surface area contributed by atoms with Gasteiger partial charge in [-0.2, -0.15) is 13.2 Å². The number of nitrogens with one attached hydrogen (secondary N) is 1. The predicted octanol–water partition coefficient (Wildman–Crippen LogP) is 3.03. The summed E-state index contributed by atoms with van der Waals surface area (Å²) in [6.45, 7) is 4.60. The van der Waals surface area contributed by atoms with Crippen molar-refractivity contribution in [3.05, 3.63) is 11.1 Å². The van der Waals surface area contributed by atoms with E-state index in [2.05, 4.69) is 17.2 Å². The number of nitrogens with zero attached hydrogens (tertiary/aromatic N) is 2. The van der Waals surface area contributed by atoms with Crippen molar-refractivity contribution in [3.63, 3.8) is 0 Å². The SMILES string of the molecule is CCCNCc1csc(N(CC)CC(F)(F)F)n1. The highest BCUT2D eigenvalue weighted by molar-refractivity contribution is 7.13. The van der Waals surface area contributed by atoms with Gasteiger partial charge in [-0.3, -0.25) is 0 Å². The second-order valence-electron chi connectivity index (χ2n) is 3.93. The van der Waals surface area contributed by atoms with Crippen LogP contribution in [0.3, 0.4) is 0 Å². The van der Waals surface area contributed by atoms with Crippen LogP contribution in [0.4, 0.5) is 18.3 Å². The van der Waals surface area contributed by atoms with Gasteiger partial charge in [-0.15, -0.1) is 11.3 Å². The Bertz CT molecular complexity index is 352. The van der Waals surface area contributed by atoms with Gasteiger partial charge in [-0.25, -0.2) is 4.98 Å². The first-order valence-electron chi connectivity index (χ1n) is 5.93. The molecule has 0 atom stereocenters. The lowest BCUT2D eigenvalue weighted by Gasteiger charge is -2.21. The Hall–Kier alpha value is -0.820. The fourth-order valence-electron chi connectivity index (χ4n) is 1.45. The summed E-state index contributed by atoms with van der Waals surface area (Å²) >= 11 is 1.26. The fourth-order valence-corrected chi connectivity index (χ4v) is 2.34. The van der Waals surface area contributed by atoms with Crippen LogP contribution in [-0.4, -0.2) is 30.8 Å². The van der Waals surface area contributed by atoms with Crippen LogP contribution in [0.25, 0.3) is 0 Å². The average molecular weight is 281 g/mol. The maximum absolute atomic E-state index is 12.4. The zero-order valence-corrected chi connectivity index (χ0v) is 11.4. The molecule has 1 N–H and O–H groups in total. The first-order chi connectivity index (χ1) is 8.46. The Labute approximate surface area is 109 Å². The van der Waals surface area contributed by atoms with Crippen LogP contribution in [0.2, 0.25) is 0 Å². The van der Waals surface area contributed by atoms with Crippen LogP contribution in [0, 0.1) is 0 Å². The first kappa shape index (κ1) is 15.2. The van der Waals surface area contributed by atoms with Crippen molar-refractivity contribution in [2.75, 3.05) is 24.5 Å². The van der Waals surface area contributed by atoms with Gasteiger partial charge in [0.1, 0.15) is 6.54 Å². The zero-order chi connectivity index (χ0) is 13.6. The number of alkyl halides is 3. The molecule has 0 amide bonds. The van der Waals surface area contributed by atoms with E-state index in [-0.39, 0.29) is 0 Å². The van der Waals surface area contributed by atoms with E-state index in [0.717, 1.165) is 18.7 Å². The van der Waals surface area contributed by atoms with E-state index < -0.39 is 12.7 Å². The molecule has 104 valence electrons. The van der Waals surface area contributed by atoms with E-state index in [0.29, 0.717) is 18.2 Å². The van der Waals surface area contributed by atoms with E-state index in [4.69, 9.17) is 0 Å². The zero-order valence-electron chi connectivity index (χ0n) is 10.5. The number of rotatable bonds is 7. The first-order valence-corrected chi connectivity index (χ1v) is 6.81. The van der Waals surface area contributed by atoms with Crippen LogP contribution in [0.15, 0.2) is 5.38 Å². The number of hydrogen-bond donors (Lipinski definition) is 1. The maximum atomic E-state index is 12.4. The Morgan fingerprint density at radius 1 is 1.39 bits per heavy atom. The normalized spacial score (nSPS) is 11.8. The van der Waals surface area contributed by atoms with Crippen LogP contribution in [-0.2, 0) is 6.54 Å². The smallest absolute Gasteiger partial charge is 0.339 e. The molecular formula is C11H18F3N3S. The molecule has 1 heterocycles. The van der Waals surface area contributed by atoms with Gasteiger partial charge in [0.15, 0.2) is 5.13 Å². The summed E-state index contributed by atoms with van der Waals surface area (Å²) < 4.78 is 37.1. The molecule has 0 unspecified atom stereocenters. The molecule has 1 aromatic rings. The van der Waals surface area contributed by atoms with E-state index in [9.17, 15) is 13.2 Å². The van der Waals surface area contributed by atoms with Gasteiger partial charge in [0, 0.05) is 18.5 Å². The van der Waals surface area contributed by atoms with Gasteiger partial charge in [0.2, 0.25) is 0 Å². The van der Waals surface area contributed by atoms with Crippen LogP contribution >= 0.6 is 11.3 Å². The monoisotopic (exact) mass is 281 g/mol. The molecule has 0 spiro atoms. The third-order valence-corrected chi connectivity index (χ3v) is 3.25. The van der Waals surface area contributed by atoms with Crippen molar-refractivity contribution in [1.82, 2.24) is 10.3 Å². The topological polar surface area (TPSA) is 28.2 Å². The van der Waals surface area contributed by atoms with Gasteiger partial charge in [0.05, 0.1) is 5.69 Å². The highest BCUT2D eigenvalue weighted by Gasteiger charge is 2.31. The average Bonchev–Trinajstić information content (AvgIpc) is 2.74. The summed E-state index contributed by atoms with van der Waals surface area (Å²) in [4.78, 5) is 5.46. The third kappa shape index (κ3) is 5.22. The summed E-state index contributed by atoms with van der Waals surface area (Å²) in [6, 6.07) is 0. The maximum Gasteiger partial charge on any atom is 0.406 e. The Morgan fingerprint density at radius 3 is 2.67 bits per heavy atom. The summed E-state index contributed by atoms with van der Waals surface area (Å²) in [5.74, 6) is 0. The lowest BCUT2D eigenvalue weighted by Crippen LogP contribution is -2.34. The Kier molecular flexibility index (Phi) is 5.87. The number of aromatic nitrogens is 1. The fraction of sp³-hybridized carbons (Fsp3) is 0.727. The van der Waals surface area contributed by atoms with Crippen molar-refractivity contribution in [1.29, 1.82) is 0 Å². The molecule has 0 fully saturated rings. The van der Waals surface area contributed by atoms with Crippen LogP contribution < -0.4 is 10.2 Å². The minimum Gasteiger partial charge on any atom is -0.339 e. The molecule has 18 heavy (non-hydrogen) atoms. The molecular weight excluding hydrogens is 263 g/mol. The second-order valence-corrected chi connectivity index (χ2v) is 4.76. The van der Waals surface area contributed by atoms with E-state index in [1.807, 2.05) is 0 Å². The molecule has 0 aliphatic rings. The van der Waals surface area contributed by atoms with E-state index in [1.165, 1.54) is 16.2 Å². The largest absolute Gasteiger partial charge is 0.406 e. The number of halogens is 3. The van der Waals surface area contributed by atoms with E-state index >= 15 is 0 Å². The van der Waals surface area contributed by atoms with E-state index in [1.54, 1.807) is 12.3 Å². The molecule has 0 aromatic carbocycles. The molecule has 0 saturated carbocycles. The van der Waals surface area contributed by atoms with Gasteiger partial charge in [-0.05, 0) is 19.9 Å². The molecule has 1 aromatic heterocycles. The van der Waals surface area contributed by atoms with Gasteiger partial charge in [-0.1, -0.05) is 6.92 Å². The highest BCUT2D eigenvalue weighted by atomic mass is 32.1. The lowest BCUT2D eigenvalue weighted by atomic mass is 10.4. The number of thiazole rings is 1. The molecule has 0 aliphatic carbocycles. The quantitative estimate of drug-likeness (QED) is 0.779. The van der Waals surface area contributed by atoms with Crippen molar-refractivity contribution in [2.24, 2.45) is 0 Å². The number of hydrogen-bond acceptors (Lipinski definition) is 4. The minimum atomic E-state index is -4.19. The van der Waals surface area contributed by atoms with Crippen molar-refractivity contribution in [3.8, 4) is 0 Å². The molecule has 3 nitrogen and oxygen atoms in total. The summed E-state index contributed by atoms with van der Waals surface area (Å²) in [6.07, 6.45) is -3.17. The Morgan fingerprint density at radius 2 is 2.11 bits per heavy atom. The molecule has 7 heteroatoms. The van der Waals surface area contributed by atoms with Gasteiger partial charge in [0.25, 0.3) is 0 Å². The molecule has 0 saturated heterocycles. The minimum absolute atomic E-state index is 0.300. The molecule has 1 rings (SSSR count). The molecule has 0 radical (unpaired) electrons. The second kappa shape index (κ2) is 6.94. The molecule has 0 aliphatic heterocycles. The summed E-state index contributed by atoms with van der Waals surface area (Å²) in [5, 5.41) is 5.41. The van der Waals surface area contributed by atoms with Gasteiger partial charge >= 0.3 is 6.18 Å². The summed E-state index contributed by atoms with van der Waals surface area (Å²) in [7, 11) is 0. The van der Waals surface area contributed by atoms with Crippen LogP contribution in [0.5, 0.6) is 0 Å². The van der Waals surface area contributed by atoms with Crippen molar-refractivity contribution in [2.45, 2.75) is 33.0 Å². The third-order valence-electron chi connectivity index (χ3n) is 2.29. The highest BCUT2D eigenvalue weighted by Crippen LogP contribution is 2.25. The van der Waals surface area contributed by atoms with Gasteiger partial charge < -0.3 is 10.2 Å². The van der Waals surface area contributed by atoms with Crippen molar-refractivity contribution >= 4 is 16.5 Å². The van der Waals surface area contributed by atoms with Crippen LogP contribution in [0.1, 0.15) is 26.0 Å². The predicted molar refractivity (Wildman–Crippen MR) is 68.1 cm³/mol.